The average molecular weight is 315 g/mol. The molecule has 0 unspecified atom stereocenters. The lowest BCUT2D eigenvalue weighted by molar-refractivity contribution is -0.122. The molecule has 0 bridgehead atoms. The predicted octanol–water partition coefficient (Wildman–Crippen LogP) is 4.51. The Bertz CT molecular complexity index is 642. The number of hydrogen-bond acceptors (Lipinski definition) is 3. The smallest absolute Gasteiger partial charge is 0.265 e. The van der Waals surface area contributed by atoms with Gasteiger partial charge < -0.3 is 10.1 Å². The van der Waals surface area contributed by atoms with Gasteiger partial charge in [0.05, 0.1) is 0 Å². The standard InChI is InChI=1S/C18H21NO2S/c1-4-17(21-15-9-5-7-13(2)11-15)18(20)19-14-8-6-10-16(12-14)22-3/h5-12,17H,4H2,1-3H3,(H,19,20)/t17-/m1/s1. The Morgan fingerprint density at radius 1 is 1.23 bits per heavy atom. The number of amides is 1. The number of nitrogens with one attached hydrogen (secondary N) is 1. The number of hydrogen-bond donors (Lipinski definition) is 1. The van der Waals surface area contributed by atoms with Gasteiger partial charge in [-0.2, -0.15) is 0 Å². The molecule has 2 aromatic rings. The quantitative estimate of drug-likeness (QED) is 0.797. The van der Waals surface area contributed by atoms with E-state index in [1.54, 1.807) is 11.8 Å². The summed E-state index contributed by atoms with van der Waals surface area (Å²) in [6.07, 6.45) is 2.12. The lowest BCUT2D eigenvalue weighted by Gasteiger charge is -2.17. The summed E-state index contributed by atoms with van der Waals surface area (Å²) in [5, 5.41) is 2.93. The van der Waals surface area contributed by atoms with Crippen LogP contribution in [0.25, 0.3) is 0 Å². The fourth-order valence-corrected chi connectivity index (χ4v) is 2.56. The molecule has 0 fully saturated rings. The molecule has 0 saturated carbocycles. The van der Waals surface area contributed by atoms with E-state index in [1.807, 2.05) is 68.6 Å². The van der Waals surface area contributed by atoms with E-state index in [2.05, 4.69) is 5.32 Å². The Hall–Kier alpha value is -1.94. The van der Waals surface area contributed by atoms with Gasteiger partial charge in [0.15, 0.2) is 6.10 Å². The molecule has 0 aromatic heterocycles. The summed E-state index contributed by atoms with van der Waals surface area (Å²) in [7, 11) is 0. The fraction of sp³-hybridized carbons (Fsp3) is 0.278. The van der Waals surface area contributed by atoms with Crippen LogP contribution in [-0.2, 0) is 4.79 Å². The first kappa shape index (κ1) is 16.4. The highest BCUT2D eigenvalue weighted by atomic mass is 32.2. The molecular weight excluding hydrogens is 294 g/mol. The Kier molecular flexibility index (Phi) is 5.90. The van der Waals surface area contributed by atoms with Gasteiger partial charge in [0.1, 0.15) is 5.75 Å². The van der Waals surface area contributed by atoms with Crippen LogP contribution in [-0.4, -0.2) is 18.3 Å². The van der Waals surface area contributed by atoms with Crippen molar-refractivity contribution < 1.29 is 9.53 Å². The third-order valence-electron chi connectivity index (χ3n) is 3.27. The van der Waals surface area contributed by atoms with Crippen molar-refractivity contribution in [2.75, 3.05) is 11.6 Å². The van der Waals surface area contributed by atoms with Crippen molar-refractivity contribution in [1.82, 2.24) is 0 Å². The highest BCUT2D eigenvalue weighted by molar-refractivity contribution is 7.98. The number of carbonyl (C=O) groups excluding carboxylic acids is 1. The Morgan fingerprint density at radius 2 is 2.00 bits per heavy atom. The minimum Gasteiger partial charge on any atom is -0.481 e. The van der Waals surface area contributed by atoms with E-state index in [9.17, 15) is 4.79 Å². The second-order valence-electron chi connectivity index (χ2n) is 5.05. The first-order valence-electron chi connectivity index (χ1n) is 7.30. The molecule has 1 N–H and O–H groups in total. The van der Waals surface area contributed by atoms with Crippen LogP contribution in [0, 0.1) is 6.92 Å². The molecule has 0 spiro atoms. The van der Waals surface area contributed by atoms with Crippen LogP contribution in [0.2, 0.25) is 0 Å². The van der Waals surface area contributed by atoms with Crippen LogP contribution in [0.4, 0.5) is 5.69 Å². The van der Waals surface area contributed by atoms with Gasteiger partial charge >= 0.3 is 0 Å². The topological polar surface area (TPSA) is 38.3 Å². The van der Waals surface area contributed by atoms with Crippen LogP contribution in [0.15, 0.2) is 53.4 Å². The zero-order valence-corrected chi connectivity index (χ0v) is 13.9. The van der Waals surface area contributed by atoms with Gasteiger partial charge in [-0.3, -0.25) is 4.79 Å². The lowest BCUT2D eigenvalue weighted by atomic mass is 10.2. The number of ether oxygens (including phenoxy) is 1. The normalized spacial score (nSPS) is 11.8. The zero-order valence-electron chi connectivity index (χ0n) is 13.1. The van der Waals surface area contributed by atoms with Crippen LogP contribution in [0.5, 0.6) is 5.75 Å². The maximum Gasteiger partial charge on any atom is 0.265 e. The third-order valence-corrected chi connectivity index (χ3v) is 3.99. The van der Waals surface area contributed by atoms with Crippen molar-refractivity contribution in [1.29, 1.82) is 0 Å². The summed E-state index contributed by atoms with van der Waals surface area (Å²) in [6.45, 7) is 3.94. The van der Waals surface area contributed by atoms with E-state index in [1.165, 1.54) is 0 Å². The van der Waals surface area contributed by atoms with Crippen molar-refractivity contribution in [2.24, 2.45) is 0 Å². The Morgan fingerprint density at radius 3 is 2.68 bits per heavy atom. The van der Waals surface area contributed by atoms with Gasteiger partial charge in [0.25, 0.3) is 5.91 Å². The van der Waals surface area contributed by atoms with Crippen LogP contribution in [0.1, 0.15) is 18.9 Å². The average Bonchev–Trinajstić information content (AvgIpc) is 2.52. The van der Waals surface area contributed by atoms with Gasteiger partial charge in [-0.25, -0.2) is 0 Å². The van der Waals surface area contributed by atoms with E-state index in [0.29, 0.717) is 6.42 Å². The third kappa shape index (κ3) is 4.53. The van der Waals surface area contributed by atoms with Crippen molar-refractivity contribution >= 4 is 23.4 Å². The van der Waals surface area contributed by atoms with E-state index >= 15 is 0 Å². The van der Waals surface area contributed by atoms with Crippen LogP contribution >= 0.6 is 11.8 Å². The van der Waals surface area contributed by atoms with Crippen molar-refractivity contribution in [3.63, 3.8) is 0 Å². The number of benzene rings is 2. The molecule has 0 aliphatic carbocycles. The highest BCUT2D eigenvalue weighted by Gasteiger charge is 2.18. The Labute approximate surface area is 136 Å². The van der Waals surface area contributed by atoms with Crippen molar-refractivity contribution in [3.8, 4) is 5.75 Å². The molecule has 4 heteroatoms. The van der Waals surface area contributed by atoms with E-state index in [4.69, 9.17) is 4.74 Å². The first-order chi connectivity index (χ1) is 10.6. The molecule has 3 nitrogen and oxygen atoms in total. The van der Waals surface area contributed by atoms with Crippen LogP contribution in [0.3, 0.4) is 0 Å². The molecule has 2 rings (SSSR count). The zero-order chi connectivity index (χ0) is 15.9. The number of carbonyl (C=O) groups is 1. The van der Waals surface area contributed by atoms with Crippen molar-refractivity contribution in [3.05, 3.63) is 54.1 Å². The monoisotopic (exact) mass is 315 g/mol. The largest absolute Gasteiger partial charge is 0.481 e. The maximum atomic E-state index is 12.4. The molecule has 0 aliphatic heterocycles. The van der Waals surface area contributed by atoms with Crippen molar-refractivity contribution in [2.45, 2.75) is 31.3 Å². The second kappa shape index (κ2) is 7.90. The minimum absolute atomic E-state index is 0.123. The fourth-order valence-electron chi connectivity index (χ4n) is 2.10. The molecule has 1 amide bonds. The van der Waals surface area contributed by atoms with E-state index in [-0.39, 0.29) is 5.91 Å². The molecule has 2 aromatic carbocycles. The summed E-state index contributed by atoms with van der Waals surface area (Å²) < 4.78 is 5.82. The molecule has 0 radical (unpaired) electrons. The number of aryl methyl sites for hydroxylation is 1. The molecule has 0 heterocycles. The highest BCUT2D eigenvalue weighted by Crippen LogP contribution is 2.20. The summed E-state index contributed by atoms with van der Waals surface area (Å²) in [5.41, 5.74) is 1.91. The van der Waals surface area contributed by atoms with E-state index < -0.39 is 6.10 Å². The van der Waals surface area contributed by atoms with Gasteiger partial charge in [0, 0.05) is 10.6 Å². The predicted molar refractivity (Wildman–Crippen MR) is 92.7 cm³/mol. The van der Waals surface area contributed by atoms with Crippen LogP contribution < -0.4 is 10.1 Å². The molecule has 0 saturated heterocycles. The minimum atomic E-state index is -0.500. The molecular formula is C18H21NO2S. The van der Waals surface area contributed by atoms with Gasteiger partial charge in [-0.15, -0.1) is 11.8 Å². The SMILES string of the molecule is CC[C@@H](Oc1cccc(C)c1)C(=O)Nc1cccc(SC)c1. The number of thioether (sulfide) groups is 1. The van der Waals surface area contributed by atoms with Gasteiger partial charge in [-0.05, 0) is 55.5 Å². The number of anilines is 1. The molecule has 22 heavy (non-hydrogen) atoms. The first-order valence-corrected chi connectivity index (χ1v) is 8.53. The number of rotatable bonds is 6. The van der Waals surface area contributed by atoms with Gasteiger partial charge in [-0.1, -0.05) is 25.1 Å². The summed E-state index contributed by atoms with van der Waals surface area (Å²) in [5.74, 6) is 0.599. The van der Waals surface area contributed by atoms with E-state index in [0.717, 1.165) is 21.9 Å². The molecule has 0 aliphatic rings. The second-order valence-corrected chi connectivity index (χ2v) is 5.93. The summed E-state index contributed by atoms with van der Waals surface area (Å²) in [6, 6.07) is 15.5. The summed E-state index contributed by atoms with van der Waals surface area (Å²) in [4.78, 5) is 13.5. The molecule has 1 atom stereocenters. The maximum absolute atomic E-state index is 12.4. The van der Waals surface area contributed by atoms with Gasteiger partial charge in [0.2, 0.25) is 0 Å². The molecule has 116 valence electrons. The summed E-state index contributed by atoms with van der Waals surface area (Å²) >= 11 is 1.65. The lowest BCUT2D eigenvalue weighted by Crippen LogP contribution is -2.32. The Balaban J connectivity index is 2.05.